The van der Waals surface area contributed by atoms with Crippen molar-refractivity contribution in [1.82, 2.24) is 0 Å². The van der Waals surface area contributed by atoms with Crippen LogP contribution in [0.3, 0.4) is 0 Å². The molecule has 0 spiro atoms. The average molecular weight is 675 g/mol. The van der Waals surface area contributed by atoms with Crippen molar-refractivity contribution in [3.05, 3.63) is 161 Å². The van der Waals surface area contributed by atoms with Crippen LogP contribution in [0, 0.1) is 0 Å². The number of fused-ring (bicyclic) bond motifs is 6. The van der Waals surface area contributed by atoms with E-state index in [0.717, 1.165) is 33.4 Å². The van der Waals surface area contributed by atoms with Crippen molar-refractivity contribution in [3.63, 3.8) is 0 Å². The quantitative estimate of drug-likeness (QED) is 0.180. The Balaban J connectivity index is 1.43. The van der Waals surface area contributed by atoms with Crippen LogP contribution < -0.4 is 4.90 Å². The molecule has 256 valence electrons. The van der Waals surface area contributed by atoms with Crippen LogP contribution in [0.5, 0.6) is 0 Å². The zero-order chi connectivity index (χ0) is 43.9. The van der Waals surface area contributed by atoms with Gasteiger partial charge in [0.1, 0.15) is 0 Å². The van der Waals surface area contributed by atoms with Crippen LogP contribution in [-0.2, 0) is 21.7 Å². The molecule has 0 fully saturated rings. The van der Waals surface area contributed by atoms with Gasteiger partial charge in [-0.05, 0) is 114 Å². The lowest BCUT2D eigenvalue weighted by Crippen LogP contribution is -2.24. The fourth-order valence-corrected chi connectivity index (χ4v) is 8.32. The maximum Gasteiger partial charge on any atom is 0.0645 e. The van der Waals surface area contributed by atoms with Gasteiger partial charge in [0.15, 0.2) is 0 Å². The lowest BCUT2D eigenvalue weighted by molar-refractivity contribution is 0.527. The fourth-order valence-electron chi connectivity index (χ4n) is 8.32. The van der Waals surface area contributed by atoms with Crippen LogP contribution in [0.1, 0.15) is 115 Å². The minimum atomic E-state index is -0.610. The molecule has 2 aliphatic rings. The van der Waals surface area contributed by atoms with Crippen molar-refractivity contribution >= 4 is 17.1 Å². The van der Waals surface area contributed by atoms with E-state index in [1.165, 1.54) is 22.3 Å². The summed E-state index contributed by atoms with van der Waals surface area (Å²) in [7, 11) is 0. The number of benzene rings is 6. The van der Waals surface area contributed by atoms with E-state index in [1.54, 1.807) is 4.90 Å². The second kappa shape index (κ2) is 11.3. The molecule has 0 aliphatic heterocycles. The Morgan fingerprint density at radius 1 is 0.451 bits per heavy atom. The highest BCUT2D eigenvalue weighted by molar-refractivity contribution is 5.89. The molecule has 0 N–H and O–H groups in total. The first kappa shape index (κ1) is 24.3. The maximum atomic E-state index is 9.61. The summed E-state index contributed by atoms with van der Waals surface area (Å²) in [5.41, 5.74) is 11.2. The zero-order valence-electron chi connectivity index (χ0n) is 40.4. The van der Waals surface area contributed by atoms with Gasteiger partial charge in [0.05, 0.1) is 12.3 Å². The Morgan fingerprint density at radius 3 is 1.63 bits per heavy atom. The number of rotatable bonds is 4. The summed E-state index contributed by atoms with van der Waals surface area (Å²) in [5.74, 6) is 0. The van der Waals surface area contributed by atoms with E-state index in [4.69, 9.17) is 6.85 Å². The van der Waals surface area contributed by atoms with Crippen LogP contribution in [0.25, 0.3) is 33.4 Å². The molecule has 6 aromatic carbocycles. The summed E-state index contributed by atoms with van der Waals surface area (Å²) in [4.78, 5) is 1.80. The molecule has 1 nitrogen and oxygen atoms in total. The Bertz CT molecular complexity index is 2780. The molecule has 0 unspecified atom stereocenters. The van der Waals surface area contributed by atoms with Gasteiger partial charge in [-0.15, -0.1) is 0 Å². The van der Waals surface area contributed by atoms with Crippen molar-refractivity contribution < 1.29 is 12.3 Å². The number of hydrogen-bond donors (Lipinski definition) is 0. The first-order valence-corrected chi connectivity index (χ1v) is 17.9. The predicted octanol–water partition coefficient (Wildman–Crippen LogP) is 14.0. The number of anilines is 3. The van der Waals surface area contributed by atoms with Crippen molar-refractivity contribution in [3.8, 4) is 33.4 Å². The Kier molecular flexibility index (Phi) is 5.40. The maximum absolute atomic E-state index is 9.61. The van der Waals surface area contributed by atoms with Crippen LogP contribution in [0.2, 0.25) is 0 Å². The number of hydrogen-bond acceptors (Lipinski definition) is 1. The average Bonchev–Trinajstić information content (AvgIpc) is 3.55. The lowest BCUT2D eigenvalue weighted by Gasteiger charge is -2.32. The topological polar surface area (TPSA) is 3.24 Å². The molecule has 1 heteroatoms. The summed E-state index contributed by atoms with van der Waals surface area (Å²) >= 11 is 0. The Morgan fingerprint density at radius 2 is 0.961 bits per heavy atom. The summed E-state index contributed by atoms with van der Waals surface area (Å²) in [6.07, 6.45) is 0. The summed E-state index contributed by atoms with van der Waals surface area (Å²) in [5, 5.41) is 0. The predicted molar refractivity (Wildman–Crippen MR) is 219 cm³/mol. The van der Waals surface area contributed by atoms with Gasteiger partial charge in [-0.1, -0.05) is 160 Å². The molecule has 0 atom stereocenters. The molecule has 0 heterocycles. The van der Waals surface area contributed by atoms with E-state index in [-0.39, 0.29) is 38.5 Å². The second-order valence-corrected chi connectivity index (χ2v) is 17.3. The van der Waals surface area contributed by atoms with Crippen LogP contribution in [0.4, 0.5) is 17.1 Å². The monoisotopic (exact) mass is 674 g/mol. The second-order valence-electron chi connectivity index (χ2n) is 17.3. The van der Waals surface area contributed by atoms with Crippen LogP contribution in [0.15, 0.2) is 127 Å². The lowest BCUT2D eigenvalue weighted by atomic mass is 9.72. The molecule has 0 bridgehead atoms. The highest BCUT2D eigenvalue weighted by atomic mass is 15.1. The van der Waals surface area contributed by atoms with Gasteiger partial charge in [0, 0.05) is 27.9 Å². The Labute approximate surface area is 318 Å². The highest BCUT2D eigenvalue weighted by Gasteiger charge is 2.40. The molecular weight excluding hydrogens is 615 g/mol. The molecule has 0 aromatic heterocycles. The van der Waals surface area contributed by atoms with Crippen LogP contribution in [-0.4, -0.2) is 0 Å². The zero-order valence-corrected chi connectivity index (χ0v) is 31.4. The smallest absolute Gasteiger partial charge is 0.0645 e. The SMILES string of the molecule is [2H]c1c([2H])c([2H])c(-c2c([2H])c([2H])c(N(c3ccc4c(c3)-c3cc(C(C)(C)C)c(C(C)(C)C)cc3C4(C)C)c3ccc4c(c3)C(C)(C)c3ccccc3-4)c([2H])c2[2H])c([2H])c1[2H]. The summed E-state index contributed by atoms with van der Waals surface area (Å²) < 4.78 is 80.0. The normalized spacial score (nSPS) is 17.6. The fraction of sp³-hybridized carbons (Fsp3) is 0.280. The third-order valence-corrected chi connectivity index (χ3v) is 11.1. The third-order valence-electron chi connectivity index (χ3n) is 11.1. The number of nitrogens with zero attached hydrogens (tertiary/aromatic N) is 1. The Hall–Kier alpha value is -4.88. The van der Waals surface area contributed by atoms with Gasteiger partial charge in [-0.3, -0.25) is 0 Å². The van der Waals surface area contributed by atoms with Gasteiger partial charge < -0.3 is 4.90 Å². The molecule has 0 radical (unpaired) electrons. The first-order chi connectivity index (χ1) is 27.8. The molecule has 6 aromatic rings. The minimum Gasteiger partial charge on any atom is -0.310 e. The standard InChI is InChI=1S/C50H51N/c1-47(2,3)45-30-40-39-28-35(25-27-42(39)50(9,10)44(40)31-46(45)48(4,5)6)51(34-22-20-33(21-23-34)32-16-12-11-13-17-32)36-24-26-38-37-18-14-15-19-41(37)49(7,8)43(38)29-36/h11-31H,1-10H3/i11D,12D,13D,16D,17D,20D,21D,22D,23D. The molecule has 0 saturated heterocycles. The third kappa shape index (κ3) is 5.27. The molecule has 0 amide bonds. The van der Waals surface area contributed by atoms with Crippen molar-refractivity contribution in [2.75, 3.05) is 4.90 Å². The highest BCUT2D eigenvalue weighted by Crippen LogP contribution is 2.54. The molecule has 2 aliphatic carbocycles. The van der Waals surface area contributed by atoms with E-state index in [2.05, 4.69) is 118 Å². The van der Waals surface area contributed by atoms with Crippen molar-refractivity contribution in [2.24, 2.45) is 0 Å². The van der Waals surface area contributed by atoms with E-state index in [0.29, 0.717) is 11.4 Å². The van der Waals surface area contributed by atoms with Gasteiger partial charge in [-0.25, -0.2) is 0 Å². The van der Waals surface area contributed by atoms with E-state index < -0.39 is 54.4 Å². The summed E-state index contributed by atoms with van der Waals surface area (Å²) in [6.45, 7) is 22.4. The molecular formula is C50H51N. The first-order valence-electron chi connectivity index (χ1n) is 22.4. The van der Waals surface area contributed by atoms with Crippen molar-refractivity contribution in [1.29, 1.82) is 0 Å². The van der Waals surface area contributed by atoms with Crippen molar-refractivity contribution in [2.45, 2.75) is 90.9 Å². The van der Waals surface area contributed by atoms with Gasteiger partial charge in [-0.2, -0.15) is 0 Å². The van der Waals surface area contributed by atoms with E-state index in [1.807, 2.05) is 24.3 Å². The van der Waals surface area contributed by atoms with Gasteiger partial charge in [0.2, 0.25) is 0 Å². The molecule has 0 saturated carbocycles. The molecule has 8 rings (SSSR count). The summed E-state index contributed by atoms with van der Waals surface area (Å²) in [6, 6.07) is 20.6. The minimum absolute atomic E-state index is 0.00900. The van der Waals surface area contributed by atoms with Gasteiger partial charge >= 0.3 is 0 Å². The van der Waals surface area contributed by atoms with E-state index in [9.17, 15) is 5.48 Å². The van der Waals surface area contributed by atoms with Gasteiger partial charge in [0.25, 0.3) is 0 Å². The largest absolute Gasteiger partial charge is 0.310 e. The van der Waals surface area contributed by atoms with Crippen LogP contribution >= 0.6 is 0 Å². The van der Waals surface area contributed by atoms with E-state index >= 15 is 0 Å². The molecule has 51 heavy (non-hydrogen) atoms.